The van der Waals surface area contributed by atoms with Crippen molar-refractivity contribution >= 4 is 57.5 Å². The average Bonchev–Trinajstić information content (AvgIpc) is 0.918. The van der Waals surface area contributed by atoms with Crippen LogP contribution in [0.15, 0.2) is 0 Å². The molecular weight excluding hydrogens is 81.1 g/mol. The number of isocyanates is 1. The number of hydrogen-bond acceptors (Lipinski definition) is 2. The zero-order valence-corrected chi connectivity index (χ0v) is 1.41. The molecule has 18 valence electrons. The van der Waals surface area contributed by atoms with Crippen molar-refractivity contribution < 1.29 is 4.79 Å². The van der Waals surface area contributed by atoms with Gasteiger partial charge in [-0.3, -0.25) is 0 Å². The second kappa shape index (κ2) is 8.99. The quantitative estimate of drug-likeness (QED) is 0.234. The van der Waals surface area contributed by atoms with Crippen LogP contribution in [0.2, 0.25) is 0 Å². The van der Waals surface area contributed by atoms with Crippen LogP contribution < -0.4 is 0 Å². The van der Waals surface area contributed by atoms with Gasteiger partial charge in [-0.1, -0.05) is 0 Å². The minimum absolute atomic E-state index is 0. The summed E-state index contributed by atoms with van der Waals surface area (Å²) < 4.78 is 0. The molecule has 0 aromatic carbocycles. The van der Waals surface area contributed by atoms with E-state index in [2.05, 4.69) is 0 Å². The summed E-state index contributed by atoms with van der Waals surface area (Å²) in [5.41, 5.74) is 0. The van der Waals surface area contributed by atoms with Gasteiger partial charge in [0.1, 0.15) is 0 Å². The third kappa shape index (κ3) is 11.9. The summed E-state index contributed by atoms with van der Waals surface area (Å²) >= 11 is 0. The summed E-state index contributed by atoms with van der Waals surface area (Å²) in [6, 6.07) is 0. The van der Waals surface area contributed by atoms with Crippen LogP contribution in [0.5, 0.6) is 0 Å². The van der Waals surface area contributed by atoms with Gasteiger partial charge in [-0.15, -0.1) is 0 Å². The molecule has 1 N–H and O–H groups in total. The molecule has 0 spiro atoms. The van der Waals surface area contributed by atoms with E-state index in [1.165, 1.54) is 0 Å². The monoisotopic (exact) mass is 83.0 g/mol. The zero-order chi connectivity index (χ0) is 2.71. The average molecular weight is 83.1 g/mol. The third-order valence-electron chi connectivity index (χ3n) is 0. The van der Waals surface area contributed by atoms with Crippen molar-refractivity contribution in [1.29, 1.82) is 5.41 Å². The molecule has 0 rings (SSSR count). The standard InChI is InChI=1S/CHNO.K.H/c2-1-3;;/h2H;;. The van der Waals surface area contributed by atoms with Gasteiger partial charge in [0, 0.05) is 0 Å². The van der Waals surface area contributed by atoms with Crippen LogP contribution in [-0.4, -0.2) is 57.5 Å². The molecule has 0 atom stereocenters. The fraction of sp³-hybridized carbons (Fsp3) is 0. The SMILES string of the molecule is N=C=O.[KH]. The molecule has 0 aliphatic heterocycles. The van der Waals surface area contributed by atoms with E-state index < -0.39 is 0 Å². The molecule has 0 aliphatic carbocycles. The van der Waals surface area contributed by atoms with Crippen LogP contribution >= 0.6 is 0 Å². The zero-order valence-electron chi connectivity index (χ0n) is 1.41. The number of hydrogen-bond donors (Lipinski definition) is 1. The summed E-state index contributed by atoms with van der Waals surface area (Å²) in [4.78, 5) is 8.35. The predicted molar refractivity (Wildman–Crippen MR) is 15.6 cm³/mol. The third-order valence-corrected chi connectivity index (χ3v) is 0. The summed E-state index contributed by atoms with van der Waals surface area (Å²) in [7, 11) is 0. The van der Waals surface area contributed by atoms with E-state index in [-0.39, 0.29) is 51.4 Å². The molecule has 0 aromatic heterocycles. The number of rotatable bonds is 0. The van der Waals surface area contributed by atoms with Crippen molar-refractivity contribution in [2.24, 2.45) is 0 Å². The van der Waals surface area contributed by atoms with E-state index in [1.807, 2.05) is 0 Å². The molecule has 0 amide bonds. The van der Waals surface area contributed by atoms with Crippen molar-refractivity contribution in [1.82, 2.24) is 0 Å². The first-order valence-electron chi connectivity index (χ1n) is 0.454. The molecule has 4 heavy (non-hydrogen) atoms. The molecular formula is CH2KNO. The van der Waals surface area contributed by atoms with Crippen LogP contribution in [0.4, 0.5) is 0 Å². The van der Waals surface area contributed by atoms with Gasteiger partial charge in [-0.25, -0.2) is 10.2 Å². The Labute approximate surface area is 66.5 Å². The predicted octanol–water partition coefficient (Wildman–Crippen LogP) is -0.748. The van der Waals surface area contributed by atoms with Gasteiger partial charge >= 0.3 is 51.4 Å². The van der Waals surface area contributed by atoms with Crippen molar-refractivity contribution in [3.63, 3.8) is 0 Å². The van der Waals surface area contributed by atoms with Crippen LogP contribution in [0.25, 0.3) is 0 Å². The molecule has 0 saturated carbocycles. The van der Waals surface area contributed by atoms with Gasteiger partial charge in [0.15, 0.2) is 0 Å². The van der Waals surface area contributed by atoms with Crippen molar-refractivity contribution in [2.75, 3.05) is 0 Å². The van der Waals surface area contributed by atoms with Gasteiger partial charge in [-0.05, 0) is 0 Å². The Morgan fingerprint density at radius 3 is 1.75 bits per heavy atom. The van der Waals surface area contributed by atoms with Crippen LogP contribution in [0, 0.1) is 5.41 Å². The fourth-order valence-electron chi connectivity index (χ4n) is 0. The maximum absolute atomic E-state index is 8.35. The van der Waals surface area contributed by atoms with E-state index in [1.54, 1.807) is 0 Å². The van der Waals surface area contributed by atoms with Gasteiger partial charge in [0.05, 0.1) is 0 Å². The van der Waals surface area contributed by atoms with Crippen LogP contribution in [0.1, 0.15) is 0 Å². The Morgan fingerprint density at radius 2 is 1.75 bits per heavy atom. The van der Waals surface area contributed by atoms with Crippen molar-refractivity contribution in [2.45, 2.75) is 0 Å². The van der Waals surface area contributed by atoms with Gasteiger partial charge in [0.2, 0.25) is 6.08 Å². The van der Waals surface area contributed by atoms with E-state index >= 15 is 0 Å². The fourth-order valence-corrected chi connectivity index (χ4v) is 0. The van der Waals surface area contributed by atoms with Gasteiger partial charge in [0.25, 0.3) is 0 Å². The van der Waals surface area contributed by atoms with Gasteiger partial charge < -0.3 is 0 Å². The molecule has 0 unspecified atom stereocenters. The Balaban J connectivity index is 0. The molecule has 0 aliphatic rings. The maximum atomic E-state index is 8.35. The first-order valence-corrected chi connectivity index (χ1v) is 0.454. The van der Waals surface area contributed by atoms with Crippen molar-refractivity contribution in [3.8, 4) is 0 Å². The Bertz CT molecular complexity index is 29.0. The first-order chi connectivity index (χ1) is 1.41. The van der Waals surface area contributed by atoms with Crippen LogP contribution in [-0.2, 0) is 4.79 Å². The van der Waals surface area contributed by atoms with E-state index in [0.717, 1.165) is 6.08 Å². The Kier molecular flexibility index (Phi) is 20.0. The van der Waals surface area contributed by atoms with E-state index in [9.17, 15) is 0 Å². The van der Waals surface area contributed by atoms with Crippen LogP contribution in [0.3, 0.4) is 0 Å². The molecule has 0 saturated heterocycles. The summed E-state index contributed by atoms with van der Waals surface area (Å²) in [5.74, 6) is 0. The molecule has 2 nitrogen and oxygen atoms in total. The van der Waals surface area contributed by atoms with Crippen molar-refractivity contribution in [3.05, 3.63) is 0 Å². The van der Waals surface area contributed by atoms with E-state index in [4.69, 9.17) is 10.2 Å². The topological polar surface area (TPSA) is 40.9 Å². The summed E-state index contributed by atoms with van der Waals surface area (Å²) in [6.07, 6.45) is 0.750. The summed E-state index contributed by atoms with van der Waals surface area (Å²) in [5, 5.41) is 5.40. The molecule has 0 bridgehead atoms. The number of carbonyl (C=O) groups excluding carboxylic acids is 1. The summed E-state index contributed by atoms with van der Waals surface area (Å²) in [6.45, 7) is 0. The molecule has 3 heteroatoms. The first kappa shape index (κ1) is 8.89. The molecule has 0 radical (unpaired) electrons. The van der Waals surface area contributed by atoms with Gasteiger partial charge in [-0.2, -0.15) is 0 Å². The molecule has 0 heterocycles. The van der Waals surface area contributed by atoms with E-state index in [0.29, 0.717) is 0 Å². The number of nitrogens with one attached hydrogen (secondary N) is 1. The second-order valence-corrected chi connectivity index (χ2v) is 0.102. The molecule has 0 fully saturated rings. The normalized spacial score (nSPS) is 2.00. The minimum atomic E-state index is 0. The molecule has 0 aromatic rings. The Hall–Kier alpha value is 1.02. The Morgan fingerprint density at radius 1 is 1.75 bits per heavy atom. The second-order valence-electron chi connectivity index (χ2n) is 0.102.